The molecule has 0 unspecified atom stereocenters. The largest absolute Gasteiger partial charge is 0.497 e. The average molecular weight is 371 g/mol. The zero-order chi connectivity index (χ0) is 18.4. The number of unbranched alkanes of at least 4 members (excludes halogenated alkanes) is 5. The molecule has 0 bridgehead atoms. The first-order chi connectivity index (χ1) is 12.7. The van der Waals surface area contributed by atoms with Gasteiger partial charge in [0.05, 0.1) is 23.8 Å². The molecule has 0 spiro atoms. The number of hydrogen-bond acceptors (Lipinski definition) is 3. The minimum Gasteiger partial charge on any atom is -0.497 e. The van der Waals surface area contributed by atoms with Gasteiger partial charge in [-0.15, -0.1) is 0 Å². The Balaban J connectivity index is 1.86. The van der Waals surface area contributed by atoms with Crippen molar-refractivity contribution >= 4 is 39.1 Å². The van der Waals surface area contributed by atoms with Crippen molar-refractivity contribution in [3.8, 4) is 5.75 Å². The molecule has 2 aromatic carbocycles. The summed E-state index contributed by atoms with van der Waals surface area (Å²) in [6, 6.07) is 11.9. The third-order valence-electron chi connectivity index (χ3n) is 4.78. The van der Waals surface area contributed by atoms with E-state index in [1.54, 1.807) is 7.11 Å². The van der Waals surface area contributed by atoms with E-state index in [0.717, 1.165) is 39.8 Å². The Morgan fingerprint density at radius 3 is 2.54 bits per heavy atom. The number of nitrogens with zero attached hydrogens (tertiary/aromatic N) is 1. The standard InChI is InChI=1S/C22H27ClN2O/c1-3-4-5-6-7-8-13-24-22-18-11-9-16(23)14-21(18)25-20-12-10-17(26-2)15-19(20)22/h9-12,14-15H,3-8,13H2,1-2H3,(H,24,25). The van der Waals surface area contributed by atoms with E-state index >= 15 is 0 Å². The van der Waals surface area contributed by atoms with E-state index in [2.05, 4.69) is 18.3 Å². The predicted molar refractivity (Wildman–Crippen MR) is 113 cm³/mol. The molecular weight excluding hydrogens is 344 g/mol. The molecule has 0 radical (unpaired) electrons. The van der Waals surface area contributed by atoms with Gasteiger partial charge in [-0.05, 0) is 42.8 Å². The molecule has 0 atom stereocenters. The Morgan fingerprint density at radius 1 is 0.923 bits per heavy atom. The number of hydrogen-bond donors (Lipinski definition) is 1. The highest BCUT2D eigenvalue weighted by atomic mass is 35.5. The van der Waals surface area contributed by atoms with E-state index < -0.39 is 0 Å². The minimum absolute atomic E-state index is 0.708. The first kappa shape index (κ1) is 18.8. The second kappa shape index (κ2) is 9.09. The summed E-state index contributed by atoms with van der Waals surface area (Å²) < 4.78 is 5.41. The van der Waals surface area contributed by atoms with Gasteiger partial charge in [-0.25, -0.2) is 4.98 Å². The van der Waals surface area contributed by atoms with E-state index in [-0.39, 0.29) is 0 Å². The first-order valence-electron chi connectivity index (χ1n) is 9.54. The normalized spacial score (nSPS) is 11.2. The van der Waals surface area contributed by atoms with Gasteiger partial charge in [0.1, 0.15) is 5.75 Å². The fraction of sp³-hybridized carbons (Fsp3) is 0.409. The predicted octanol–water partition coefficient (Wildman–Crippen LogP) is 6.82. The van der Waals surface area contributed by atoms with Gasteiger partial charge in [0, 0.05) is 22.3 Å². The van der Waals surface area contributed by atoms with Gasteiger partial charge in [0.2, 0.25) is 0 Å². The van der Waals surface area contributed by atoms with Crippen LogP contribution in [-0.4, -0.2) is 18.6 Å². The lowest BCUT2D eigenvalue weighted by molar-refractivity contribution is 0.415. The quantitative estimate of drug-likeness (QED) is 0.331. The lowest BCUT2D eigenvalue weighted by Crippen LogP contribution is -2.03. The molecule has 3 aromatic rings. The monoisotopic (exact) mass is 370 g/mol. The van der Waals surface area contributed by atoms with E-state index in [9.17, 15) is 0 Å². The maximum atomic E-state index is 6.18. The molecule has 0 saturated heterocycles. The van der Waals surface area contributed by atoms with E-state index in [1.165, 1.54) is 38.5 Å². The van der Waals surface area contributed by atoms with E-state index in [0.29, 0.717) is 5.02 Å². The van der Waals surface area contributed by atoms with Crippen molar-refractivity contribution in [1.29, 1.82) is 0 Å². The van der Waals surface area contributed by atoms with Crippen LogP contribution in [0.1, 0.15) is 45.4 Å². The van der Waals surface area contributed by atoms with Crippen LogP contribution in [0.15, 0.2) is 36.4 Å². The van der Waals surface area contributed by atoms with Gasteiger partial charge in [-0.2, -0.15) is 0 Å². The molecule has 4 heteroatoms. The summed E-state index contributed by atoms with van der Waals surface area (Å²) in [4.78, 5) is 4.77. The van der Waals surface area contributed by atoms with Crippen LogP contribution < -0.4 is 10.1 Å². The Morgan fingerprint density at radius 2 is 1.73 bits per heavy atom. The highest BCUT2D eigenvalue weighted by Gasteiger charge is 2.10. The van der Waals surface area contributed by atoms with Crippen LogP contribution in [0.3, 0.4) is 0 Å². The lowest BCUT2D eigenvalue weighted by atomic mass is 10.1. The fourth-order valence-electron chi connectivity index (χ4n) is 3.33. The van der Waals surface area contributed by atoms with E-state index in [4.69, 9.17) is 21.3 Å². The molecule has 0 aliphatic rings. The molecule has 3 rings (SSSR count). The van der Waals surface area contributed by atoms with Crippen LogP contribution in [0.2, 0.25) is 5.02 Å². The first-order valence-corrected chi connectivity index (χ1v) is 9.91. The second-order valence-electron chi connectivity index (χ2n) is 6.73. The summed E-state index contributed by atoms with van der Waals surface area (Å²) in [5.41, 5.74) is 2.99. The lowest BCUT2D eigenvalue weighted by Gasteiger charge is -2.14. The van der Waals surface area contributed by atoms with Gasteiger partial charge >= 0.3 is 0 Å². The summed E-state index contributed by atoms with van der Waals surface area (Å²) in [6.07, 6.45) is 7.73. The number of methoxy groups -OCH3 is 1. The molecule has 138 valence electrons. The van der Waals surface area contributed by atoms with Gasteiger partial charge in [-0.1, -0.05) is 50.6 Å². The van der Waals surface area contributed by atoms with Gasteiger partial charge in [-0.3, -0.25) is 0 Å². The zero-order valence-electron chi connectivity index (χ0n) is 15.6. The second-order valence-corrected chi connectivity index (χ2v) is 7.16. The summed E-state index contributed by atoms with van der Waals surface area (Å²) >= 11 is 6.18. The Hall–Kier alpha value is -2.00. The maximum Gasteiger partial charge on any atom is 0.119 e. The molecule has 0 aliphatic carbocycles. The average Bonchev–Trinajstić information content (AvgIpc) is 2.66. The number of fused-ring (bicyclic) bond motifs is 2. The third-order valence-corrected chi connectivity index (χ3v) is 5.01. The molecule has 0 saturated carbocycles. The molecule has 0 aliphatic heterocycles. The Labute approximate surface area is 160 Å². The van der Waals surface area contributed by atoms with Crippen LogP contribution in [0.4, 0.5) is 5.69 Å². The van der Waals surface area contributed by atoms with Crippen molar-refractivity contribution in [3.05, 3.63) is 41.4 Å². The maximum absolute atomic E-state index is 6.18. The van der Waals surface area contributed by atoms with Crippen LogP contribution in [0.5, 0.6) is 5.75 Å². The number of aromatic nitrogens is 1. The molecule has 0 fully saturated rings. The molecule has 1 heterocycles. The van der Waals surface area contributed by atoms with Gasteiger partial charge in [0.15, 0.2) is 0 Å². The number of rotatable bonds is 9. The Bertz CT molecular complexity index is 879. The van der Waals surface area contributed by atoms with Crippen molar-refractivity contribution < 1.29 is 4.74 Å². The van der Waals surface area contributed by atoms with Crippen molar-refractivity contribution in [2.75, 3.05) is 19.0 Å². The Kier molecular flexibility index (Phi) is 6.56. The third kappa shape index (κ3) is 4.39. The summed E-state index contributed by atoms with van der Waals surface area (Å²) in [5, 5.41) is 6.55. The molecule has 1 N–H and O–H groups in total. The number of benzene rings is 2. The SMILES string of the molecule is CCCCCCCCNc1c2ccc(Cl)cc2nc2ccc(OC)cc12. The van der Waals surface area contributed by atoms with Crippen molar-refractivity contribution in [3.63, 3.8) is 0 Å². The van der Waals surface area contributed by atoms with Crippen molar-refractivity contribution in [2.45, 2.75) is 45.4 Å². The highest BCUT2D eigenvalue weighted by Crippen LogP contribution is 2.34. The van der Waals surface area contributed by atoms with Gasteiger partial charge < -0.3 is 10.1 Å². The van der Waals surface area contributed by atoms with Crippen molar-refractivity contribution in [1.82, 2.24) is 4.98 Å². The number of ether oxygens (including phenoxy) is 1. The zero-order valence-corrected chi connectivity index (χ0v) is 16.4. The highest BCUT2D eigenvalue weighted by molar-refractivity contribution is 6.31. The van der Waals surface area contributed by atoms with Crippen LogP contribution in [0, 0.1) is 0 Å². The van der Waals surface area contributed by atoms with Crippen molar-refractivity contribution in [2.24, 2.45) is 0 Å². The molecule has 3 nitrogen and oxygen atoms in total. The topological polar surface area (TPSA) is 34.2 Å². The number of nitrogens with one attached hydrogen (secondary N) is 1. The fourth-order valence-corrected chi connectivity index (χ4v) is 3.50. The summed E-state index contributed by atoms with van der Waals surface area (Å²) in [5.74, 6) is 0.843. The van der Waals surface area contributed by atoms with E-state index in [1.807, 2.05) is 30.3 Å². The van der Waals surface area contributed by atoms with Crippen LogP contribution in [-0.2, 0) is 0 Å². The number of anilines is 1. The van der Waals surface area contributed by atoms with Gasteiger partial charge in [0.25, 0.3) is 0 Å². The minimum atomic E-state index is 0.708. The van der Waals surface area contributed by atoms with Crippen LogP contribution in [0.25, 0.3) is 21.8 Å². The van der Waals surface area contributed by atoms with Crippen LogP contribution >= 0.6 is 11.6 Å². The molecule has 0 amide bonds. The molecule has 26 heavy (non-hydrogen) atoms. The summed E-state index contributed by atoms with van der Waals surface area (Å²) in [7, 11) is 1.69. The summed E-state index contributed by atoms with van der Waals surface area (Å²) in [6.45, 7) is 3.21. The number of pyridine rings is 1. The molecular formula is C22H27ClN2O. The number of halogens is 1. The molecule has 1 aromatic heterocycles. The smallest absolute Gasteiger partial charge is 0.119 e.